The molecule has 0 atom stereocenters. The van der Waals surface area contributed by atoms with E-state index in [9.17, 15) is 4.79 Å². The Morgan fingerprint density at radius 1 is 1.17 bits per heavy atom. The maximum absolute atomic E-state index is 12.5. The lowest BCUT2D eigenvalue weighted by molar-refractivity contribution is 0.0945. The number of nitrogens with zero attached hydrogens (tertiary/aromatic N) is 4. The highest BCUT2D eigenvalue weighted by atomic mass is 35.5. The minimum absolute atomic E-state index is 0. The summed E-state index contributed by atoms with van der Waals surface area (Å²) in [6.07, 6.45) is 3.79. The third-order valence-corrected chi connectivity index (χ3v) is 5.21. The van der Waals surface area contributed by atoms with Gasteiger partial charge >= 0.3 is 0 Å². The van der Waals surface area contributed by atoms with Crippen LogP contribution in [0.1, 0.15) is 34.9 Å². The Balaban J connectivity index is 0.00000150. The van der Waals surface area contributed by atoms with E-state index in [1.807, 2.05) is 16.8 Å². The van der Waals surface area contributed by atoms with Crippen molar-refractivity contribution in [2.24, 2.45) is 0 Å². The van der Waals surface area contributed by atoms with Crippen LogP contribution in [0.5, 0.6) is 0 Å². The van der Waals surface area contributed by atoms with Gasteiger partial charge in [0.1, 0.15) is 0 Å². The maximum atomic E-state index is 12.5. The van der Waals surface area contributed by atoms with Crippen molar-refractivity contribution < 1.29 is 9.53 Å². The molecule has 1 amide bonds. The molecule has 4 rings (SSSR count). The van der Waals surface area contributed by atoms with Gasteiger partial charge in [0.25, 0.3) is 5.91 Å². The predicted octanol–water partition coefficient (Wildman–Crippen LogP) is 1.81. The van der Waals surface area contributed by atoms with Crippen LogP contribution in [0.15, 0.2) is 30.5 Å². The van der Waals surface area contributed by atoms with E-state index < -0.39 is 0 Å². The number of carbonyl (C=O) groups excluding carboxylic acids is 1. The number of amides is 1. The van der Waals surface area contributed by atoms with Crippen molar-refractivity contribution in [3.8, 4) is 0 Å². The van der Waals surface area contributed by atoms with Crippen molar-refractivity contribution in [1.29, 1.82) is 0 Å². The fraction of sp³-hybridized carbons (Fsp3) is 0.526. The predicted molar refractivity (Wildman–Crippen MR) is 116 cm³/mol. The lowest BCUT2D eigenvalue weighted by Crippen LogP contribution is -2.37. The molecule has 10 heteroatoms. The van der Waals surface area contributed by atoms with Gasteiger partial charge in [-0.05, 0) is 37.6 Å². The minimum Gasteiger partial charge on any atom is -0.378 e. The molecule has 2 saturated heterocycles. The number of morpholine rings is 1. The van der Waals surface area contributed by atoms with Crippen LogP contribution in [0, 0.1) is 0 Å². The molecule has 2 aromatic rings. The summed E-state index contributed by atoms with van der Waals surface area (Å²) in [5.74, 6) is -0.188. The van der Waals surface area contributed by atoms with Crippen LogP contribution >= 0.6 is 24.8 Å². The topological polar surface area (TPSA) is 84.3 Å². The lowest BCUT2D eigenvalue weighted by Gasteiger charge is -2.30. The normalized spacial score (nSPS) is 17.2. The monoisotopic (exact) mass is 442 g/mol. The average Bonchev–Trinajstić information content (AvgIpc) is 3.24. The fourth-order valence-corrected chi connectivity index (χ4v) is 3.67. The second-order valence-electron chi connectivity index (χ2n) is 6.98. The highest BCUT2D eigenvalue weighted by Gasteiger charge is 2.19. The van der Waals surface area contributed by atoms with E-state index >= 15 is 0 Å². The van der Waals surface area contributed by atoms with Gasteiger partial charge in [-0.25, -0.2) is 4.68 Å². The molecule has 1 aromatic carbocycles. The number of carbonyl (C=O) groups is 1. The number of halogens is 2. The summed E-state index contributed by atoms with van der Waals surface area (Å²) < 4.78 is 7.27. The summed E-state index contributed by atoms with van der Waals surface area (Å²) in [4.78, 5) is 14.8. The van der Waals surface area contributed by atoms with Gasteiger partial charge in [-0.15, -0.1) is 29.9 Å². The standard InChI is InChI=1S/C19H26N6O2.2ClH/c26-19(17-14-25(23-22-17)16-5-7-20-8-6-16)21-13-15-3-1-2-4-18(15)24-9-11-27-12-10-24;;/h1-4,14,16,20H,5-13H2,(H,21,26);2*1H. The Labute approximate surface area is 183 Å². The van der Waals surface area contributed by atoms with Crippen LogP contribution in [0.25, 0.3) is 0 Å². The van der Waals surface area contributed by atoms with Gasteiger partial charge in [0.05, 0.1) is 25.5 Å². The van der Waals surface area contributed by atoms with Crippen LogP contribution in [0.4, 0.5) is 5.69 Å². The average molecular weight is 443 g/mol. The molecule has 3 heterocycles. The second-order valence-corrected chi connectivity index (χ2v) is 6.98. The van der Waals surface area contributed by atoms with E-state index in [4.69, 9.17) is 4.74 Å². The first kappa shape index (κ1) is 23.4. The molecule has 2 N–H and O–H groups in total. The number of nitrogens with one attached hydrogen (secondary N) is 2. The van der Waals surface area contributed by atoms with Gasteiger partial charge in [0.15, 0.2) is 5.69 Å². The van der Waals surface area contributed by atoms with Crippen molar-refractivity contribution in [3.05, 3.63) is 41.7 Å². The number of anilines is 1. The summed E-state index contributed by atoms with van der Waals surface area (Å²) in [6, 6.07) is 8.50. The summed E-state index contributed by atoms with van der Waals surface area (Å²) in [7, 11) is 0. The number of benzene rings is 1. The first-order valence-electron chi connectivity index (χ1n) is 9.62. The molecule has 0 spiro atoms. The molecule has 1 aromatic heterocycles. The van der Waals surface area contributed by atoms with E-state index in [1.165, 1.54) is 0 Å². The van der Waals surface area contributed by atoms with Gasteiger partial charge in [0, 0.05) is 25.3 Å². The number of hydrogen-bond donors (Lipinski definition) is 2. The SMILES string of the molecule is Cl.Cl.O=C(NCc1ccccc1N1CCOCC1)c1cn(C2CCNCC2)nn1. The smallest absolute Gasteiger partial charge is 0.273 e. The van der Waals surface area contributed by atoms with E-state index in [0.29, 0.717) is 18.3 Å². The van der Waals surface area contributed by atoms with Crippen LogP contribution in [0.3, 0.4) is 0 Å². The Morgan fingerprint density at radius 3 is 2.66 bits per heavy atom. The maximum Gasteiger partial charge on any atom is 0.273 e. The van der Waals surface area contributed by atoms with Crippen LogP contribution in [-0.4, -0.2) is 60.3 Å². The quantitative estimate of drug-likeness (QED) is 0.734. The second kappa shape index (κ2) is 11.3. The largest absolute Gasteiger partial charge is 0.378 e. The van der Waals surface area contributed by atoms with E-state index in [1.54, 1.807) is 6.20 Å². The van der Waals surface area contributed by atoms with Crippen LogP contribution < -0.4 is 15.5 Å². The lowest BCUT2D eigenvalue weighted by atomic mass is 10.1. The molecule has 2 aliphatic rings. The van der Waals surface area contributed by atoms with Gasteiger partial charge in [-0.3, -0.25) is 4.79 Å². The summed E-state index contributed by atoms with van der Waals surface area (Å²) in [5.41, 5.74) is 2.62. The zero-order valence-corrected chi connectivity index (χ0v) is 17.9. The molecule has 8 nitrogen and oxygen atoms in total. The van der Waals surface area contributed by atoms with Gasteiger partial charge in [-0.1, -0.05) is 23.4 Å². The Kier molecular flexibility index (Phi) is 9.16. The molecule has 0 radical (unpaired) electrons. The van der Waals surface area contributed by atoms with E-state index in [-0.39, 0.29) is 30.7 Å². The van der Waals surface area contributed by atoms with Gasteiger partial charge in [-0.2, -0.15) is 0 Å². The number of aromatic nitrogens is 3. The summed E-state index contributed by atoms with van der Waals surface area (Å²) in [6.45, 7) is 5.63. The van der Waals surface area contributed by atoms with Crippen molar-refractivity contribution in [1.82, 2.24) is 25.6 Å². The molecule has 160 valence electrons. The summed E-state index contributed by atoms with van der Waals surface area (Å²) >= 11 is 0. The highest BCUT2D eigenvalue weighted by molar-refractivity contribution is 5.91. The van der Waals surface area contributed by atoms with Crippen molar-refractivity contribution in [3.63, 3.8) is 0 Å². The first-order chi connectivity index (χ1) is 13.3. The zero-order chi connectivity index (χ0) is 18.5. The number of rotatable bonds is 5. The highest BCUT2D eigenvalue weighted by Crippen LogP contribution is 2.21. The molecule has 0 bridgehead atoms. The Hall–Kier alpha value is -1.87. The first-order valence-corrected chi connectivity index (χ1v) is 9.62. The minimum atomic E-state index is -0.188. The van der Waals surface area contributed by atoms with Crippen molar-refractivity contribution >= 4 is 36.4 Å². The molecular weight excluding hydrogens is 415 g/mol. The molecule has 0 unspecified atom stereocenters. The van der Waals surface area contributed by atoms with Crippen LogP contribution in [0.2, 0.25) is 0 Å². The number of hydrogen-bond acceptors (Lipinski definition) is 6. The third kappa shape index (κ3) is 5.82. The van der Waals surface area contributed by atoms with Gasteiger partial charge < -0.3 is 20.3 Å². The van der Waals surface area contributed by atoms with Crippen molar-refractivity contribution in [2.75, 3.05) is 44.3 Å². The molecule has 2 aliphatic heterocycles. The number of para-hydroxylation sites is 1. The molecule has 0 aliphatic carbocycles. The number of ether oxygens (including phenoxy) is 1. The molecule has 2 fully saturated rings. The third-order valence-electron chi connectivity index (χ3n) is 5.21. The van der Waals surface area contributed by atoms with E-state index in [2.05, 4.69) is 38.0 Å². The van der Waals surface area contributed by atoms with Crippen LogP contribution in [-0.2, 0) is 11.3 Å². The Bertz CT molecular complexity index is 776. The van der Waals surface area contributed by atoms with Gasteiger partial charge in [0.2, 0.25) is 0 Å². The molecular formula is C19H28Cl2N6O2. The molecule has 0 saturated carbocycles. The Morgan fingerprint density at radius 2 is 1.90 bits per heavy atom. The van der Waals surface area contributed by atoms with Crippen molar-refractivity contribution in [2.45, 2.75) is 25.4 Å². The fourth-order valence-electron chi connectivity index (χ4n) is 3.67. The number of piperidine rings is 1. The zero-order valence-electron chi connectivity index (χ0n) is 16.2. The van der Waals surface area contributed by atoms with E-state index in [0.717, 1.165) is 63.5 Å². The summed E-state index contributed by atoms with van der Waals surface area (Å²) in [5, 5.41) is 14.6. The molecule has 29 heavy (non-hydrogen) atoms.